The number of carbonyl (C=O) groups is 2. The number of hydrogen-bond acceptors (Lipinski definition) is 2. The van der Waals surface area contributed by atoms with E-state index in [1.165, 1.54) is 0 Å². The van der Waals surface area contributed by atoms with E-state index in [1.807, 2.05) is 30.0 Å². The molecule has 3 heteroatoms. The van der Waals surface area contributed by atoms with E-state index in [0.717, 1.165) is 29.8 Å². The first-order valence-electron chi connectivity index (χ1n) is 6.85. The smallest absolute Gasteiger partial charge is 0.226 e. The number of likely N-dealkylation sites (tertiary alicyclic amines) is 1. The quantitative estimate of drug-likeness (QED) is 0.770. The number of rotatable bonds is 1. The molecule has 2 aliphatic carbocycles. The zero-order valence-electron chi connectivity index (χ0n) is 10.8. The normalized spacial score (nSPS) is 30.4. The van der Waals surface area contributed by atoms with Gasteiger partial charge in [-0.1, -0.05) is 31.2 Å². The second-order valence-corrected chi connectivity index (χ2v) is 5.67. The molecule has 4 rings (SSSR count). The molecule has 1 saturated carbocycles. The molecular weight excluding hydrogens is 238 g/mol. The van der Waals surface area contributed by atoms with Crippen LogP contribution in [0, 0.1) is 5.92 Å². The molecule has 1 aromatic carbocycles. The van der Waals surface area contributed by atoms with Crippen LogP contribution in [0.25, 0.3) is 0 Å². The standard InChI is InChI=1S/C16H15NO2/c1-2-15(19)17-9-10-8-16(10)12-6-4-3-5-11(12)13(18)7-14(16)17/h3-7,10H,2,8-9H2,1H3/t10?,16-/m1/s1. The maximum atomic E-state index is 12.2. The van der Waals surface area contributed by atoms with E-state index in [0.29, 0.717) is 12.3 Å². The summed E-state index contributed by atoms with van der Waals surface area (Å²) in [5, 5.41) is 0. The van der Waals surface area contributed by atoms with Crippen molar-refractivity contribution in [2.45, 2.75) is 25.2 Å². The van der Waals surface area contributed by atoms with Gasteiger partial charge in [0.25, 0.3) is 0 Å². The molecule has 0 aromatic heterocycles. The third-order valence-electron chi connectivity index (χ3n) is 4.80. The second-order valence-electron chi connectivity index (χ2n) is 5.67. The summed E-state index contributed by atoms with van der Waals surface area (Å²) in [6, 6.07) is 7.86. The molecule has 0 bridgehead atoms. The van der Waals surface area contributed by atoms with Gasteiger partial charge in [0.15, 0.2) is 5.78 Å². The minimum Gasteiger partial charge on any atom is -0.315 e. The summed E-state index contributed by atoms with van der Waals surface area (Å²) in [4.78, 5) is 26.1. The number of benzene rings is 1. The maximum Gasteiger partial charge on any atom is 0.226 e. The Morgan fingerprint density at radius 1 is 1.42 bits per heavy atom. The number of carbonyl (C=O) groups excluding carboxylic acids is 2. The predicted octanol–water partition coefficient (Wildman–Crippen LogP) is 2.28. The lowest BCUT2D eigenvalue weighted by Gasteiger charge is -2.29. The van der Waals surface area contributed by atoms with Gasteiger partial charge in [-0.2, -0.15) is 0 Å². The fourth-order valence-corrected chi connectivity index (χ4v) is 3.81. The second kappa shape index (κ2) is 3.35. The van der Waals surface area contributed by atoms with Crippen molar-refractivity contribution in [3.05, 3.63) is 47.2 Å². The first-order valence-corrected chi connectivity index (χ1v) is 6.85. The van der Waals surface area contributed by atoms with E-state index < -0.39 is 0 Å². The van der Waals surface area contributed by atoms with Crippen molar-refractivity contribution >= 4 is 11.7 Å². The van der Waals surface area contributed by atoms with Crippen LogP contribution >= 0.6 is 0 Å². The number of piperidine rings is 1. The number of hydrogen-bond donors (Lipinski definition) is 0. The summed E-state index contributed by atoms with van der Waals surface area (Å²) < 4.78 is 0. The molecule has 1 aromatic rings. The van der Waals surface area contributed by atoms with Gasteiger partial charge in [-0.05, 0) is 17.9 Å². The third-order valence-corrected chi connectivity index (χ3v) is 4.80. The highest BCUT2D eigenvalue weighted by molar-refractivity contribution is 6.09. The number of amides is 1. The molecule has 96 valence electrons. The number of allylic oxidation sites excluding steroid dienone is 2. The molecule has 2 fully saturated rings. The van der Waals surface area contributed by atoms with Crippen molar-refractivity contribution in [1.82, 2.24) is 4.90 Å². The molecule has 0 N–H and O–H groups in total. The summed E-state index contributed by atoms with van der Waals surface area (Å²) in [6.07, 6.45) is 3.27. The maximum absolute atomic E-state index is 12.2. The van der Waals surface area contributed by atoms with Crippen molar-refractivity contribution in [1.29, 1.82) is 0 Å². The zero-order chi connectivity index (χ0) is 13.2. The van der Waals surface area contributed by atoms with Gasteiger partial charge < -0.3 is 4.90 Å². The molecule has 3 nitrogen and oxygen atoms in total. The lowest BCUT2D eigenvalue weighted by Crippen LogP contribution is -2.33. The Bertz CT molecular complexity index is 646. The van der Waals surface area contributed by atoms with Crippen LogP contribution < -0.4 is 0 Å². The highest BCUT2D eigenvalue weighted by Crippen LogP contribution is 2.66. The Morgan fingerprint density at radius 3 is 3.00 bits per heavy atom. The summed E-state index contributed by atoms with van der Waals surface area (Å²) in [5.41, 5.74) is 2.87. The average Bonchev–Trinajstić information content (AvgIpc) is 3.07. The zero-order valence-corrected chi connectivity index (χ0v) is 10.8. The van der Waals surface area contributed by atoms with Crippen molar-refractivity contribution < 1.29 is 9.59 Å². The van der Waals surface area contributed by atoms with E-state index >= 15 is 0 Å². The van der Waals surface area contributed by atoms with Gasteiger partial charge in [-0.3, -0.25) is 9.59 Å². The molecule has 1 saturated heterocycles. The SMILES string of the molecule is CCC(=O)N1CC2C[C@@]23C1=CC(=O)c1ccccc13. The fraction of sp³-hybridized carbons (Fsp3) is 0.375. The van der Waals surface area contributed by atoms with Gasteiger partial charge in [0.1, 0.15) is 0 Å². The molecular formula is C16H15NO2. The summed E-state index contributed by atoms with van der Waals surface area (Å²) in [7, 11) is 0. The highest BCUT2D eigenvalue weighted by atomic mass is 16.2. The van der Waals surface area contributed by atoms with Crippen molar-refractivity contribution in [3.8, 4) is 0 Å². The first-order chi connectivity index (χ1) is 9.18. The molecule has 2 atom stereocenters. The molecule has 0 radical (unpaired) electrons. The third kappa shape index (κ3) is 1.18. The molecule has 1 spiro atoms. The fourth-order valence-electron chi connectivity index (χ4n) is 3.81. The molecule has 1 unspecified atom stereocenters. The van der Waals surface area contributed by atoms with E-state index in [9.17, 15) is 9.59 Å². The largest absolute Gasteiger partial charge is 0.315 e. The average molecular weight is 253 g/mol. The topological polar surface area (TPSA) is 37.4 Å². The first kappa shape index (κ1) is 11.0. The Balaban J connectivity index is 1.89. The predicted molar refractivity (Wildman–Crippen MR) is 70.6 cm³/mol. The molecule has 1 heterocycles. The monoisotopic (exact) mass is 253 g/mol. The van der Waals surface area contributed by atoms with Crippen LogP contribution in [0.15, 0.2) is 36.0 Å². The molecule has 3 aliphatic rings. The Kier molecular flexibility index (Phi) is 1.93. The van der Waals surface area contributed by atoms with Crippen molar-refractivity contribution in [2.24, 2.45) is 5.92 Å². The number of fused-ring (bicyclic) bond motifs is 1. The lowest BCUT2D eigenvalue weighted by molar-refractivity contribution is -0.128. The van der Waals surface area contributed by atoms with E-state index in [1.54, 1.807) is 6.08 Å². The number of ketones is 1. The van der Waals surface area contributed by atoms with Crippen LogP contribution in [-0.4, -0.2) is 23.1 Å². The van der Waals surface area contributed by atoms with E-state index in [4.69, 9.17) is 0 Å². The van der Waals surface area contributed by atoms with Crippen LogP contribution in [0.1, 0.15) is 35.7 Å². The highest BCUT2D eigenvalue weighted by Gasteiger charge is 2.66. The van der Waals surface area contributed by atoms with Crippen LogP contribution in [0.5, 0.6) is 0 Å². The van der Waals surface area contributed by atoms with Gasteiger partial charge in [0.2, 0.25) is 5.91 Å². The molecule has 1 amide bonds. The lowest BCUT2D eigenvalue weighted by atomic mass is 9.81. The Labute approximate surface area is 111 Å². The van der Waals surface area contributed by atoms with Gasteiger partial charge in [-0.25, -0.2) is 0 Å². The van der Waals surface area contributed by atoms with Gasteiger partial charge in [0.05, 0.1) is 0 Å². The molecule has 19 heavy (non-hydrogen) atoms. The summed E-state index contributed by atoms with van der Waals surface area (Å²) >= 11 is 0. The minimum absolute atomic E-state index is 0.0324. The van der Waals surface area contributed by atoms with Gasteiger partial charge in [-0.15, -0.1) is 0 Å². The van der Waals surface area contributed by atoms with E-state index in [-0.39, 0.29) is 17.1 Å². The van der Waals surface area contributed by atoms with Crippen molar-refractivity contribution in [2.75, 3.05) is 6.54 Å². The van der Waals surface area contributed by atoms with Crippen LogP contribution in [0.2, 0.25) is 0 Å². The van der Waals surface area contributed by atoms with Crippen LogP contribution in [0.4, 0.5) is 0 Å². The summed E-state index contributed by atoms with van der Waals surface area (Å²) in [5.74, 6) is 0.672. The van der Waals surface area contributed by atoms with E-state index in [2.05, 4.69) is 6.07 Å². The van der Waals surface area contributed by atoms with Gasteiger partial charge >= 0.3 is 0 Å². The summed E-state index contributed by atoms with van der Waals surface area (Å²) in [6.45, 7) is 2.65. The van der Waals surface area contributed by atoms with Crippen LogP contribution in [0.3, 0.4) is 0 Å². The molecule has 1 aliphatic heterocycles. The van der Waals surface area contributed by atoms with Gasteiger partial charge in [0, 0.05) is 35.7 Å². The minimum atomic E-state index is -0.0324. The Hall–Kier alpha value is -1.90. The Morgan fingerprint density at radius 2 is 2.21 bits per heavy atom. The van der Waals surface area contributed by atoms with Crippen LogP contribution in [-0.2, 0) is 10.2 Å². The number of nitrogens with zero attached hydrogens (tertiary/aromatic N) is 1. The van der Waals surface area contributed by atoms with Crippen molar-refractivity contribution in [3.63, 3.8) is 0 Å².